The number of para-hydroxylation sites is 2. The highest BCUT2D eigenvalue weighted by atomic mass is 16.1. The van der Waals surface area contributed by atoms with Gasteiger partial charge in [-0.25, -0.2) is 9.67 Å². The molecule has 0 aliphatic carbocycles. The SMILES string of the molecule is O=c1c2ccccc2ncn1/N=C/c1cn(-c2ccccc2)nc1-c1cccnc1. The Morgan fingerprint density at radius 2 is 1.77 bits per heavy atom. The highest BCUT2D eigenvalue weighted by Crippen LogP contribution is 2.21. The minimum Gasteiger partial charge on any atom is -0.267 e. The Morgan fingerprint density at radius 1 is 0.933 bits per heavy atom. The van der Waals surface area contributed by atoms with Gasteiger partial charge in [0.2, 0.25) is 0 Å². The Kier molecular flexibility index (Phi) is 4.46. The van der Waals surface area contributed by atoms with Gasteiger partial charge in [-0.1, -0.05) is 30.3 Å². The monoisotopic (exact) mass is 392 g/mol. The molecule has 0 saturated heterocycles. The maximum atomic E-state index is 12.7. The van der Waals surface area contributed by atoms with Gasteiger partial charge in [0.25, 0.3) is 5.56 Å². The van der Waals surface area contributed by atoms with Crippen molar-refractivity contribution in [1.29, 1.82) is 0 Å². The predicted molar refractivity (Wildman–Crippen MR) is 116 cm³/mol. The van der Waals surface area contributed by atoms with Crippen LogP contribution in [0.2, 0.25) is 0 Å². The second-order valence-corrected chi connectivity index (χ2v) is 6.61. The maximum Gasteiger partial charge on any atom is 0.281 e. The first kappa shape index (κ1) is 17.7. The lowest BCUT2D eigenvalue weighted by Gasteiger charge is -2.00. The van der Waals surface area contributed by atoms with Crippen molar-refractivity contribution in [2.75, 3.05) is 0 Å². The summed E-state index contributed by atoms with van der Waals surface area (Å²) in [4.78, 5) is 21.2. The number of aromatic nitrogens is 5. The third-order valence-corrected chi connectivity index (χ3v) is 4.67. The third-order valence-electron chi connectivity index (χ3n) is 4.67. The summed E-state index contributed by atoms with van der Waals surface area (Å²) in [6.45, 7) is 0. The number of rotatable bonds is 4. The average Bonchev–Trinajstić information content (AvgIpc) is 3.24. The van der Waals surface area contributed by atoms with Crippen molar-refractivity contribution in [1.82, 2.24) is 24.4 Å². The minimum atomic E-state index is -0.227. The fraction of sp³-hybridized carbons (Fsp3) is 0. The largest absolute Gasteiger partial charge is 0.281 e. The fourth-order valence-electron chi connectivity index (χ4n) is 3.19. The summed E-state index contributed by atoms with van der Waals surface area (Å²) < 4.78 is 3.01. The molecule has 0 radical (unpaired) electrons. The van der Waals surface area contributed by atoms with E-state index in [1.165, 1.54) is 11.0 Å². The second-order valence-electron chi connectivity index (χ2n) is 6.61. The van der Waals surface area contributed by atoms with Gasteiger partial charge in [-0.2, -0.15) is 14.9 Å². The molecular weight excluding hydrogens is 376 g/mol. The molecule has 144 valence electrons. The van der Waals surface area contributed by atoms with Gasteiger partial charge in [-0.05, 0) is 36.4 Å². The van der Waals surface area contributed by atoms with Gasteiger partial charge < -0.3 is 0 Å². The molecule has 0 amide bonds. The maximum absolute atomic E-state index is 12.7. The molecule has 2 aromatic carbocycles. The molecule has 30 heavy (non-hydrogen) atoms. The van der Waals surface area contributed by atoms with E-state index in [0.29, 0.717) is 10.9 Å². The molecule has 0 bridgehead atoms. The van der Waals surface area contributed by atoms with Crippen LogP contribution in [0.4, 0.5) is 0 Å². The van der Waals surface area contributed by atoms with Crippen LogP contribution in [0.25, 0.3) is 27.8 Å². The molecule has 7 nitrogen and oxygen atoms in total. The molecule has 0 spiro atoms. The number of nitrogens with zero attached hydrogens (tertiary/aromatic N) is 6. The van der Waals surface area contributed by atoms with Crippen LogP contribution in [0.3, 0.4) is 0 Å². The lowest BCUT2D eigenvalue weighted by atomic mass is 10.1. The van der Waals surface area contributed by atoms with E-state index in [4.69, 9.17) is 5.10 Å². The summed E-state index contributed by atoms with van der Waals surface area (Å²) in [7, 11) is 0. The van der Waals surface area contributed by atoms with E-state index in [-0.39, 0.29) is 5.56 Å². The van der Waals surface area contributed by atoms with Crippen LogP contribution in [0, 0.1) is 0 Å². The topological polar surface area (TPSA) is 78.0 Å². The third kappa shape index (κ3) is 3.29. The van der Waals surface area contributed by atoms with Gasteiger partial charge in [-0.15, -0.1) is 0 Å². The average molecular weight is 392 g/mol. The van der Waals surface area contributed by atoms with Crippen LogP contribution in [-0.4, -0.2) is 30.6 Å². The zero-order valence-electron chi connectivity index (χ0n) is 15.8. The van der Waals surface area contributed by atoms with Crippen LogP contribution in [0.15, 0.2) is 102 Å². The highest BCUT2D eigenvalue weighted by Gasteiger charge is 2.11. The molecule has 5 aromatic rings. The van der Waals surface area contributed by atoms with E-state index in [1.807, 2.05) is 60.8 Å². The standard InChI is InChI=1S/C23H16N6O/c30-23-20-10-4-5-11-21(20)25-16-29(23)26-14-18-15-28(19-8-2-1-3-9-19)27-22(18)17-7-6-12-24-13-17/h1-16H/b26-14+. The molecule has 0 saturated carbocycles. The molecular formula is C23H16N6O. The lowest BCUT2D eigenvalue weighted by molar-refractivity contribution is 0.817. The Hall–Kier alpha value is -4.39. The summed E-state index contributed by atoms with van der Waals surface area (Å²) in [6, 6.07) is 20.8. The lowest BCUT2D eigenvalue weighted by Crippen LogP contribution is -2.16. The Labute approximate surface area is 171 Å². The van der Waals surface area contributed by atoms with Crippen molar-refractivity contribution in [3.8, 4) is 16.9 Å². The number of benzene rings is 2. The Bertz CT molecular complexity index is 1400. The van der Waals surface area contributed by atoms with Crippen LogP contribution in [0.5, 0.6) is 0 Å². The number of hydrogen-bond acceptors (Lipinski definition) is 5. The van der Waals surface area contributed by atoms with Crippen LogP contribution in [0.1, 0.15) is 5.56 Å². The first-order valence-corrected chi connectivity index (χ1v) is 9.36. The van der Waals surface area contributed by atoms with Gasteiger partial charge >= 0.3 is 0 Å². The van der Waals surface area contributed by atoms with E-state index in [9.17, 15) is 4.79 Å². The zero-order valence-corrected chi connectivity index (χ0v) is 15.8. The van der Waals surface area contributed by atoms with E-state index in [1.54, 1.807) is 35.4 Å². The molecule has 0 aliphatic rings. The molecule has 0 fully saturated rings. The number of fused-ring (bicyclic) bond motifs is 1. The van der Waals surface area contributed by atoms with E-state index in [0.717, 1.165) is 22.5 Å². The minimum absolute atomic E-state index is 0.227. The summed E-state index contributed by atoms with van der Waals surface area (Å²) in [6.07, 6.45) is 8.38. The molecule has 0 N–H and O–H groups in total. The molecule has 0 atom stereocenters. The van der Waals surface area contributed by atoms with Crippen molar-refractivity contribution in [2.45, 2.75) is 0 Å². The number of hydrogen-bond donors (Lipinski definition) is 0. The van der Waals surface area contributed by atoms with Crippen molar-refractivity contribution in [2.24, 2.45) is 5.10 Å². The second kappa shape index (κ2) is 7.56. The summed E-state index contributed by atoms with van der Waals surface area (Å²) in [5.74, 6) is 0. The van der Waals surface area contributed by atoms with Crippen molar-refractivity contribution in [3.05, 3.63) is 108 Å². The van der Waals surface area contributed by atoms with Crippen molar-refractivity contribution in [3.63, 3.8) is 0 Å². The normalized spacial score (nSPS) is 11.3. The number of pyridine rings is 1. The van der Waals surface area contributed by atoms with Gasteiger partial charge in [0, 0.05) is 29.7 Å². The predicted octanol–water partition coefficient (Wildman–Crippen LogP) is 3.53. The van der Waals surface area contributed by atoms with Crippen LogP contribution < -0.4 is 5.56 Å². The molecule has 7 heteroatoms. The van der Waals surface area contributed by atoms with Gasteiger partial charge in [0.15, 0.2) is 0 Å². The zero-order chi connectivity index (χ0) is 20.3. The molecule has 3 heterocycles. The first-order valence-electron chi connectivity index (χ1n) is 9.36. The van der Waals surface area contributed by atoms with Crippen LogP contribution >= 0.6 is 0 Å². The smallest absolute Gasteiger partial charge is 0.267 e. The van der Waals surface area contributed by atoms with E-state index >= 15 is 0 Å². The summed E-state index contributed by atoms with van der Waals surface area (Å²) in [5, 5.41) is 9.60. The summed E-state index contributed by atoms with van der Waals surface area (Å²) in [5.41, 5.74) is 3.67. The van der Waals surface area contributed by atoms with Gasteiger partial charge in [-0.3, -0.25) is 9.78 Å². The summed E-state index contributed by atoms with van der Waals surface area (Å²) >= 11 is 0. The van der Waals surface area contributed by atoms with E-state index in [2.05, 4.69) is 15.1 Å². The van der Waals surface area contributed by atoms with E-state index < -0.39 is 0 Å². The Balaban J connectivity index is 1.61. The van der Waals surface area contributed by atoms with Crippen molar-refractivity contribution >= 4 is 17.1 Å². The molecule has 5 rings (SSSR count). The fourth-order valence-corrected chi connectivity index (χ4v) is 3.19. The Morgan fingerprint density at radius 3 is 2.60 bits per heavy atom. The molecule has 0 aliphatic heterocycles. The van der Waals surface area contributed by atoms with Crippen LogP contribution in [-0.2, 0) is 0 Å². The molecule has 0 unspecified atom stereocenters. The highest BCUT2D eigenvalue weighted by molar-refractivity contribution is 5.88. The first-order chi connectivity index (χ1) is 14.8. The quantitative estimate of drug-likeness (QED) is 0.439. The van der Waals surface area contributed by atoms with Gasteiger partial charge in [0.05, 0.1) is 22.8 Å². The van der Waals surface area contributed by atoms with Crippen molar-refractivity contribution < 1.29 is 0 Å². The van der Waals surface area contributed by atoms with Gasteiger partial charge in [0.1, 0.15) is 12.0 Å². The molecule has 3 aromatic heterocycles.